The molecule has 2 nitrogen and oxygen atoms in total. The highest BCUT2D eigenvalue weighted by Gasteiger charge is 2.27. The zero-order valence-electron chi connectivity index (χ0n) is 6.44. The van der Waals surface area contributed by atoms with Gasteiger partial charge in [-0.05, 0) is 32.3 Å². The molecule has 1 aliphatic carbocycles. The van der Waals surface area contributed by atoms with Crippen LogP contribution in [0.4, 0.5) is 0 Å². The molecular formula is C8H12N2. The molecule has 1 aliphatic rings. The van der Waals surface area contributed by atoms with E-state index in [0.29, 0.717) is 0 Å². The number of H-pyrrole nitrogens is 1. The Morgan fingerprint density at radius 1 is 1.40 bits per heavy atom. The second-order valence-electron chi connectivity index (χ2n) is 3.12. The lowest BCUT2D eigenvalue weighted by Gasteiger charge is -1.91. The molecule has 1 fully saturated rings. The van der Waals surface area contributed by atoms with Gasteiger partial charge in [-0.15, -0.1) is 0 Å². The number of aryl methyl sites for hydroxylation is 1. The Morgan fingerprint density at radius 2 is 2.10 bits per heavy atom. The molecule has 10 heavy (non-hydrogen) atoms. The monoisotopic (exact) mass is 136 g/mol. The number of aromatic nitrogens is 2. The first-order valence-electron chi connectivity index (χ1n) is 3.80. The van der Waals surface area contributed by atoms with Crippen molar-refractivity contribution in [1.29, 1.82) is 0 Å². The molecule has 0 bridgehead atoms. The topological polar surface area (TPSA) is 28.7 Å². The highest BCUT2D eigenvalue weighted by atomic mass is 15.1. The van der Waals surface area contributed by atoms with E-state index < -0.39 is 0 Å². The van der Waals surface area contributed by atoms with Crippen molar-refractivity contribution in [3.05, 3.63) is 17.0 Å². The van der Waals surface area contributed by atoms with Crippen molar-refractivity contribution >= 4 is 0 Å². The van der Waals surface area contributed by atoms with Gasteiger partial charge in [0.25, 0.3) is 0 Å². The SMILES string of the molecule is Cc1n[nH]c(C2CC2)c1C. The predicted octanol–water partition coefficient (Wildman–Crippen LogP) is 1.90. The summed E-state index contributed by atoms with van der Waals surface area (Å²) in [5.74, 6) is 0.807. The summed E-state index contributed by atoms with van der Waals surface area (Å²) >= 11 is 0. The summed E-state index contributed by atoms with van der Waals surface area (Å²) in [5, 5.41) is 7.24. The van der Waals surface area contributed by atoms with Crippen LogP contribution < -0.4 is 0 Å². The molecule has 0 aliphatic heterocycles. The molecule has 0 amide bonds. The first-order chi connectivity index (χ1) is 4.79. The number of hydrogen-bond acceptors (Lipinski definition) is 1. The summed E-state index contributed by atoms with van der Waals surface area (Å²) in [4.78, 5) is 0. The highest BCUT2D eigenvalue weighted by Crippen LogP contribution is 2.40. The second-order valence-corrected chi connectivity index (χ2v) is 3.12. The molecule has 2 heteroatoms. The molecule has 1 aromatic rings. The minimum absolute atomic E-state index is 0.807. The summed E-state index contributed by atoms with van der Waals surface area (Å²) in [6, 6.07) is 0. The van der Waals surface area contributed by atoms with Crippen molar-refractivity contribution in [2.24, 2.45) is 0 Å². The Kier molecular flexibility index (Phi) is 1.10. The maximum atomic E-state index is 4.15. The van der Waals surface area contributed by atoms with Gasteiger partial charge < -0.3 is 0 Å². The van der Waals surface area contributed by atoms with Crippen LogP contribution in [0.1, 0.15) is 35.7 Å². The predicted molar refractivity (Wildman–Crippen MR) is 40.0 cm³/mol. The molecule has 1 N–H and O–H groups in total. The largest absolute Gasteiger partial charge is 0.282 e. The summed E-state index contributed by atoms with van der Waals surface area (Å²) in [6.07, 6.45) is 2.70. The standard InChI is InChI=1S/C8H12N2/c1-5-6(2)9-10-8(5)7-3-4-7/h7H,3-4H2,1-2H3,(H,9,10). The molecule has 1 saturated carbocycles. The molecule has 0 atom stereocenters. The van der Waals surface area contributed by atoms with Gasteiger partial charge in [0.15, 0.2) is 0 Å². The van der Waals surface area contributed by atoms with Gasteiger partial charge >= 0.3 is 0 Å². The van der Waals surface area contributed by atoms with Gasteiger partial charge in [-0.25, -0.2) is 0 Å². The first-order valence-corrected chi connectivity index (χ1v) is 3.80. The van der Waals surface area contributed by atoms with Gasteiger partial charge in [-0.3, -0.25) is 5.10 Å². The van der Waals surface area contributed by atoms with Crippen LogP contribution >= 0.6 is 0 Å². The molecular weight excluding hydrogens is 124 g/mol. The summed E-state index contributed by atoms with van der Waals surface area (Å²) < 4.78 is 0. The molecule has 54 valence electrons. The van der Waals surface area contributed by atoms with Crippen molar-refractivity contribution in [1.82, 2.24) is 10.2 Å². The summed E-state index contributed by atoms with van der Waals surface area (Å²) in [7, 11) is 0. The van der Waals surface area contributed by atoms with E-state index in [4.69, 9.17) is 0 Å². The van der Waals surface area contributed by atoms with Crippen LogP contribution in [0.2, 0.25) is 0 Å². The van der Waals surface area contributed by atoms with E-state index in [2.05, 4.69) is 24.0 Å². The van der Waals surface area contributed by atoms with E-state index in [1.54, 1.807) is 0 Å². The molecule has 0 spiro atoms. The minimum atomic E-state index is 0.807. The smallest absolute Gasteiger partial charge is 0.0623 e. The lowest BCUT2D eigenvalue weighted by molar-refractivity contribution is 0.951. The van der Waals surface area contributed by atoms with E-state index in [9.17, 15) is 0 Å². The Bertz CT molecular complexity index is 246. The van der Waals surface area contributed by atoms with Gasteiger partial charge in [0, 0.05) is 11.6 Å². The number of rotatable bonds is 1. The second kappa shape index (κ2) is 1.84. The number of aromatic amines is 1. The Morgan fingerprint density at radius 3 is 2.50 bits per heavy atom. The molecule has 0 unspecified atom stereocenters. The maximum Gasteiger partial charge on any atom is 0.0623 e. The average Bonchev–Trinajstić information content (AvgIpc) is 2.67. The zero-order chi connectivity index (χ0) is 7.14. The van der Waals surface area contributed by atoms with Crippen molar-refractivity contribution in [2.75, 3.05) is 0 Å². The van der Waals surface area contributed by atoms with Gasteiger partial charge in [-0.2, -0.15) is 5.10 Å². The van der Waals surface area contributed by atoms with Crippen molar-refractivity contribution in [3.8, 4) is 0 Å². The number of nitrogens with zero attached hydrogens (tertiary/aromatic N) is 1. The maximum absolute atomic E-state index is 4.15. The van der Waals surface area contributed by atoms with Crippen molar-refractivity contribution in [3.63, 3.8) is 0 Å². The van der Waals surface area contributed by atoms with Crippen molar-refractivity contribution in [2.45, 2.75) is 32.6 Å². The molecule has 1 heterocycles. The third-order valence-electron chi connectivity index (χ3n) is 2.28. The van der Waals surface area contributed by atoms with Crippen LogP contribution in [0.3, 0.4) is 0 Å². The van der Waals surface area contributed by atoms with E-state index in [0.717, 1.165) is 11.6 Å². The Balaban J connectivity index is 2.40. The Labute approximate surface area is 60.6 Å². The normalized spacial score (nSPS) is 17.8. The van der Waals surface area contributed by atoms with Gasteiger partial charge in [0.1, 0.15) is 0 Å². The van der Waals surface area contributed by atoms with Gasteiger partial charge in [0.2, 0.25) is 0 Å². The fourth-order valence-electron chi connectivity index (χ4n) is 1.28. The first kappa shape index (κ1) is 5.96. The number of nitrogens with one attached hydrogen (secondary N) is 1. The third kappa shape index (κ3) is 0.753. The quantitative estimate of drug-likeness (QED) is 0.627. The molecule has 1 aromatic heterocycles. The van der Waals surface area contributed by atoms with E-state index in [1.807, 2.05) is 0 Å². The van der Waals surface area contributed by atoms with E-state index in [-0.39, 0.29) is 0 Å². The lowest BCUT2D eigenvalue weighted by atomic mass is 10.1. The third-order valence-corrected chi connectivity index (χ3v) is 2.28. The molecule has 0 aromatic carbocycles. The van der Waals surface area contributed by atoms with Crippen LogP contribution in [0.15, 0.2) is 0 Å². The van der Waals surface area contributed by atoms with Crippen LogP contribution in [-0.4, -0.2) is 10.2 Å². The molecule has 0 saturated heterocycles. The molecule has 0 radical (unpaired) electrons. The van der Waals surface area contributed by atoms with Crippen LogP contribution in [0.5, 0.6) is 0 Å². The zero-order valence-corrected chi connectivity index (χ0v) is 6.44. The van der Waals surface area contributed by atoms with Crippen LogP contribution in [-0.2, 0) is 0 Å². The van der Waals surface area contributed by atoms with Crippen LogP contribution in [0.25, 0.3) is 0 Å². The Hall–Kier alpha value is -0.790. The summed E-state index contributed by atoms with van der Waals surface area (Å²) in [5.41, 5.74) is 3.89. The highest BCUT2D eigenvalue weighted by molar-refractivity contribution is 5.28. The average molecular weight is 136 g/mol. The van der Waals surface area contributed by atoms with Gasteiger partial charge in [-0.1, -0.05) is 0 Å². The fraction of sp³-hybridized carbons (Fsp3) is 0.625. The van der Waals surface area contributed by atoms with E-state index in [1.165, 1.54) is 24.1 Å². The molecule has 2 rings (SSSR count). The fourth-order valence-corrected chi connectivity index (χ4v) is 1.28. The summed E-state index contributed by atoms with van der Waals surface area (Å²) in [6.45, 7) is 4.20. The lowest BCUT2D eigenvalue weighted by Crippen LogP contribution is -1.81. The minimum Gasteiger partial charge on any atom is -0.282 e. The van der Waals surface area contributed by atoms with E-state index >= 15 is 0 Å². The van der Waals surface area contributed by atoms with Gasteiger partial charge in [0.05, 0.1) is 5.69 Å². The van der Waals surface area contributed by atoms with Crippen LogP contribution in [0, 0.1) is 13.8 Å². The number of hydrogen-bond donors (Lipinski definition) is 1. The van der Waals surface area contributed by atoms with Crippen molar-refractivity contribution < 1.29 is 0 Å².